The van der Waals surface area contributed by atoms with Crippen LogP contribution in [0.3, 0.4) is 0 Å². The van der Waals surface area contributed by atoms with Gasteiger partial charge in [-0.05, 0) is 38.0 Å². The fourth-order valence-corrected chi connectivity index (χ4v) is 1.91. The second-order valence-electron chi connectivity index (χ2n) is 5.20. The molecular weight excluding hydrogens is 271 g/mol. The quantitative estimate of drug-likeness (QED) is 0.775. The number of carbonyl (C=O) groups is 1. The third kappa shape index (κ3) is 5.71. The number of carbonyl (C=O) groups excluding carboxylic acids is 1. The maximum absolute atomic E-state index is 13.3. The van der Waals surface area contributed by atoms with Gasteiger partial charge in [0, 0.05) is 25.0 Å². The Hall–Kier alpha value is -1.62. The predicted molar refractivity (Wildman–Crippen MR) is 81.9 cm³/mol. The summed E-state index contributed by atoms with van der Waals surface area (Å²) in [6.07, 6.45) is 1.35. The summed E-state index contributed by atoms with van der Waals surface area (Å²) < 4.78 is 18.3. The summed E-state index contributed by atoms with van der Waals surface area (Å²) in [5.74, 6) is -0.0993. The Bertz CT molecular complexity index is 466. The average molecular weight is 296 g/mol. The summed E-state index contributed by atoms with van der Waals surface area (Å²) in [5.41, 5.74) is 0.926. The Morgan fingerprint density at radius 1 is 1.38 bits per heavy atom. The molecule has 0 saturated heterocycles. The van der Waals surface area contributed by atoms with E-state index in [1.807, 2.05) is 20.8 Å². The van der Waals surface area contributed by atoms with Crippen molar-refractivity contribution >= 4 is 5.91 Å². The highest BCUT2D eigenvalue weighted by Gasteiger charge is 2.10. The van der Waals surface area contributed by atoms with Crippen LogP contribution in [0.2, 0.25) is 0 Å². The lowest BCUT2D eigenvalue weighted by Crippen LogP contribution is -2.34. The number of hydrogen-bond acceptors (Lipinski definition) is 3. The molecule has 0 aromatic heterocycles. The van der Waals surface area contributed by atoms with Crippen molar-refractivity contribution in [3.8, 4) is 5.75 Å². The second-order valence-corrected chi connectivity index (χ2v) is 5.20. The fraction of sp³-hybridized carbons (Fsp3) is 0.562. The number of amides is 1. The van der Waals surface area contributed by atoms with E-state index in [0.717, 1.165) is 12.0 Å². The third-order valence-electron chi connectivity index (χ3n) is 3.50. The highest BCUT2D eigenvalue weighted by molar-refractivity contribution is 5.76. The summed E-state index contributed by atoms with van der Waals surface area (Å²) in [5, 5.41) is 6.17. The zero-order valence-corrected chi connectivity index (χ0v) is 13.2. The molecule has 0 aliphatic rings. The van der Waals surface area contributed by atoms with Crippen LogP contribution in [0.25, 0.3) is 0 Å². The molecule has 1 aromatic carbocycles. The van der Waals surface area contributed by atoms with E-state index in [-0.39, 0.29) is 29.6 Å². The van der Waals surface area contributed by atoms with E-state index in [4.69, 9.17) is 4.74 Å². The maximum atomic E-state index is 13.3. The SMILES string of the molecule is CCC(C)NC(=O)CCNC(C)c1ccc(F)c(OC)c1. The Morgan fingerprint density at radius 2 is 2.10 bits per heavy atom. The van der Waals surface area contributed by atoms with Crippen LogP contribution < -0.4 is 15.4 Å². The number of hydrogen-bond donors (Lipinski definition) is 2. The van der Waals surface area contributed by atoms with Crippen molar-refractivity contribution in [1.82, 2.24) is 10.6 Å². The summed E-state index contributed by atoms with van der Waals surface area (Å²) in [7, 11) is 1.44. The number of nitrogens with one attached hydrogen (secondary N) is 2. The number of benzene rings is 1. The van der Waals surface area contributed by atoms with Gasteiger partial charge >= 0.3 is 0 Å². The fourth-order valence-electron chi connectivity index (χ4n) is 1.91. The van der Waals surface area contributed by atoms with Crippen LogP contribution in [0.5, 0.6) is 5.75 Å². The van der Waals surface area contributed by atoms with Crippen molar-refractivity contribution in [1.29, 1.82) is 0 Å². The van der Waals surface area contributed by atoms with Gasteiger partial charge in [0.25, 0.3) is 0 Å². The molecule has 2 unspecified atom stereocenters. The molecule has 5 heteroatoms. The van der Waals surface area contributed by atoms with Gasteiger partial charge in [-0.3, -0.25) is 4.79 Å². The standard InChI is InChI=1S/C16H25FN2O2/c1-5-11(2)19-16(20)8-9-18-12(3)13-6-7-14(17)15(10-13)21-4/h6-7,10-12,18H,5,8-9H2,1-4H3,(H,19,20). The maximum Gasteiger partial charge on any atom is 0.221 e. The number of ether oxygens (including phenoxy) is 1. The van der Waals surface area contributed by atoms with Crippen LogP contribution in [0, 0.1) is 5.82 Å². The van der Waals surface area contributed by atoms with Crippen LogP contribution >= 0.6 is 0 Å². The van der Waals surface area contributed by atoms with Gasteiger partial charge in [0.15, 0.2) is 11.6 Å². The minimum Gasteiger partial charge on any atom is -0.494 e. The van der Waals surface area contributed by atoms with Crippen molar-refractivity contribution in [2.75, 3.05) is 13.7 Å². The highest BCUT2D eigenvalue weighted by Crippen LogP contribution is 2.22. The molecule has 0 radical (unpaired) electrons. The van der Waals surface area contributed by atoms with E-state index >= 15 is 0 Å². The van der Waals surface area contributed by atoms with Gasteiger partial charge in [-0.25, -0.2) is 4.39 Å². The van der Waals surface area contributed by atoms with Crippen molar-refractivity contribution in [3.05, 3.63) is 29.6 Å². The molecule has 0 heterocycles. The van der Waals surface area contributed by atoms with E-state index in [0.29, 0.717) is 13.0 Å². The minimum absolute atomic E-state index is 0.0240. The molecule has 1 rings (SSSR count). The molecule has 1 amide bonds. The minimum atomic E-state index is -0.374. The molecule has 0 bridgehead atoms. The predicted octanol–water partition coefficient (Wildman–Crippen LogP) is 2.79. The van der Waals surface area contributed by atoms with Crippen molar-refractivity contribution < 1.29 is 13.9 Å². The Balaban J connectivity index is 2.43. The molecular formula is C16H25FN2O2. The van der Waals surface area contributed by atoms with Gasteiger partial charge in [0.1, 0.15) is 0 Å². The van der Waals surface area contributed by atoms with E-state index in [9.17, 15) is 9.18 Å². The van der Waals surface area contributed by atoms with Crippen molar-refractivity contribution in [3.63, 3.8) is 0 Å². The molecule has 4 nitrogen and oxygen atoms in total. The first kappa shape index (κ1) is 17.4. The first-order chi connectivity index (χ1) is 9.97. The lowest BCUT2D eigenvalue weighted by molar-refractivity contribution is -0.121. The molecule has 0 saturated carbocycles. The zero-order valence-electron chi connectivity index (χ0n) is 13.2. The lowest BCUT2D eigenvalue weighted by Gasteiger charge is -2.16. The molecule has 0 fully saturated rings. The summed E-state index contributed by atoms with van der Waals surface area (Å²) >= 11 is 0. The Labute approximate surface area is 126 Å². The van der Waals surface area contributed by atoms with E-state index < -0.39 is 0 Å². The number of halogens is 1. The molecule has 21 heavy (non-hydrogen) atoms. The topological polar surface area (TPSA) is 50.4 Å². The van der Waals surface area contributed by atoms with Crippen LogP contribution in [0.4, 0.5) is 4.39 Å². The van der Waals surface area contributed by atoms with Gasteiger partial charge < -0.3 is 15.4 Å². The second kappa shape index (κ2) is 8.62. The van der Waals surface area contributed by atoms with E-state index in [2.05, 4.69) is 10.6 Å². The summed E-state index contributed by atoms with van der Waals surface area (Å²) in [6, 6.07) is 5.01. The largest absolute Gasteiger partial charge is 0.494 e. The van der Waals surface area contributed by atoms with Crippen LogP contribution in [0.15, 0.2) is 18.2 Å². The number of rotatable bonds is 8. The molecule has 0 aliphatic heterocycles. The molecule has 118 valence electrons. The molecule has 1 aromatic rings. The summed E-state index contributed by atoms with van der Waals surface area (Å²) in [4.78, 5) is 11.7. The molecule has 0 spiro atoms. The van der Waals surface area contributed by atoms with Gasteiger partial charge in [-0.1, -0.05) is 13.0 Å². The normalized spacial score (nSPS) is 13.6. The molecule has 0 aliphatic carbocycles. The zero-order chi connectivity index (χ0) is 15.8. The Morgan fingerprint density at radius 3 is 2.71 bits per heavy atom. The van der Waals surface area contributed by atoms with Gasteiger partial charge in [0.2, 0.25) is 5.91 Å². The van der Waals surface area contributed by atoms with E-state index in [1.54, 1.807) is 12.1 Å². The molecule has 2 N–H and O–H groups in total. The van der Waals surface area contributed by atoms with Gasteiger partial charge in [-0.15, -0.1) is 0 Å². The lowest BCUT2D eigenvalue weighted by atomic mass is 10.1. The first-order valence-corrected chi connectivity index (χ1v) is 7.34. The highest BCUT2D eigenvalue weighted by atomic mass is 19.1. The molecule has 2 atom stereocenters. The third-order valence-corrected chi connectivity index (χ3v) is 3.50. The summed E-state index contributed by atoms with van der Waals surface area (Å²) in [6.45, 7) is 6.56. The van der Waals surface area contributed by atoms with Gasteiger partial charge in [-0.2, -0.15) is 0 Å². The van der Waals surface area contributed by atoms with Crippen LogP contribution in [-0.4, -0.2) is 25.6 Å². The first-order valence-electron chi connectivity index (χ1n) is 7.34. The van der Waals surface area contributed by atoms with Crippen molar-refractivity contribution in [2.45, 2.75) is 45.7 Å². The Kier molecular flexibility index (Phi) is 7.15. The van der Waals surface area contributed by atoms with Gasteiger partial charge in [0.05, 0.1) is 7.11 Å². The smallest absolute Gasteiger partial charge is 0.221 e. The number of methoxy groups -OCH3 is 1. The van der Waals surface area contributed by atoms with Crippen molar-refractivity contribution in [2.24, 2.45) is 0 Å². The monoisotopic (exact) mass is 296 g/mol. The van der Waals surface area contributed by atoms with Crippen LogP contribution in [0.1, 0.15) is 45.2 Å². The average Bonchev–Trinajstić information content (AvgIpc) is 2.47. The van der Waals surface area contributed by atoms with Crippen LogP contribution in [-0.2, 0) is 4.79 Å². The van der Waals surface area contributed by atoms with E-state index in [1.165, 1.54) is 13.2 Å².